The number of benzene rings is 1. The van der Waals surface area contributed by atoms with Crippen molar-refractivity contribution in [3.8, 4) is 5.75 Å². The number of nitrogens with one attached hydrogen (secondary N) is 3. The maximum atomic E-state index is 13.0. The van der Waals surface area contributed by atoms with E-state index in [0.29, 0.717) is 5.56 Å². The number of carboxylic acid groups (broad SMARTS) is 3. The molecule has 214 valence electrons. The summed E-state index contributed by atoms with van der Waals surface area (Å²) < 4.78 is 0. The Kier molecular flexibility index (Phi) is 12.8. The Bertz CT molecular complexity index is 1080. The fraction of sp³-hybridized carbons (Fsp3) is 0.435. The third-order valence-electron chi connectivity index (χ3n) is 5.31. The molecule has 16 nitrogen and oxygen atoms in total. The fourth-order valence-corrected chi connectivity index (χ4v) is 3.27. The second-order valence-corrected chi connectivity index (χ2v) is 8.53. The summed E-state index contributed by atoms with van der Waals surface area (Å²) in [7, 11) is 0. The van der Waals surface area contributed by atoms with Gasteiger partial charge in [-0.15, -0.1) is 0 Å². The van der Waals surface area contributed by atoms with Crippen molar-refractivity contribution in [2.75, 3.05) is 0 Å². The van der Waals surface area contributed by atoms with Crippen LogP contribution in [0.2, 0.25) is 0 Å². The first-order chi connectivity index (χ1) is 18.2. The number of hydrogen-bond acceptors (Lipinski definition) is 9. The normalized spacial score (nSPS) is 13.7. The van der Waals surface area contributed by atoms with Crippen LogP contribution in [0.5, 0.6) is 5.75 Å². The molecule has 0 aliphatic heterocycles. The van der Waals surface area contributed by atoms with E-state index in [1.165, 1.54) is 24.3 Å². The topological polar surface area (TPSA) is 289 Å². The second kappa shape index (κ2) is 15.5. The van der Waals surface area contributed by atoms with Crippen molar-refractivity contribution in [3.05, 3.63) is 29.8 Å². The molecular formula is C23H31N5O11. The standard InChI is InChI=1S/C23H31N5O11/c24-13(9-11-1-3-12(29)4-2-11)20(35)26-15(6-8-18(31)32)21(36)27-14(5-7-17(25)30)22(37)28-16(23(38)39)10-19(33)34/h1-4,13-16,29H,5-10,24H2,(H2,25,30)(H,26,35)(H,27,36)(H,28,37)(H,31,32)(H,33,34)(H,38,39). The highest BCUT2D eigenvalue weighted by Crippen LogP contribution is 2.11. The number of primary amides is 1. The van der Waals surface area contributed by atoms with E-state index >= 15 is 0 Å². The summed E-state index contributed by atoms with van der Waals surface area (Å²) in [4.78, 5) is 82.9. The third-order valence-corrected chi connectivity index (χ3v) is 5.31. The number of aromatic hydroxyl groups is 1. The van der Waals surface area contributed by atoms with Crippen LogP contribution in [0, 0.1) is 0 Å². The van der Waals surface area contributed by atoms with Crippen LogP contribution >= 0.6 is 0 Å². The number of carboxylic acids is 3. The smallest absolute Gasteiger partial charge is 0.326 e. The quantitative estimate of drug-likeness (QED) is 0.0960. The Balaban J connectivity index is 3.04. The van der Waals surface area contributed by atoms with Crippen molar-refractivity contribution >= 4 is 41.5 Å². The molecule has 1 aromatic rings. The molecule has 0 spiro atoms. The van der Waals surface area contributed by atoms with Gasteiger partial charge in [-0.1, -0.05) is 12.1 Å². The first-order valence-corrected chi connectivity index (χ1v) is 11.6. The Hall–Kier alpha value is -4.73. The lowest BCUT2D eigenvalue weighted by Gasteiger charge is -2.24. The van der Waals surface area contributed by atoms with Gasteiger partial charge in [-0.2, -0.15) is 0 Å². The summed E-state index contributed by atoms with van der Waals surface area (Å²) in [5.74, 6) is -8.38. The summed E-state index contributed by atoms with van der Waals surface area (Å²) in [6, 6.07) is -0.327. The summed E-state index contributed by atoms with van der Waals surface area (Å²) in [6.45, 7) is 0. The number of phenolic OH excluding ortho intramolecular Hbond substituents is 1. The van der Waals surface area contributed by atoms with Gasteiger partial charge < -0.3 is 47.8 Å². The van der Waals surface area contributed by atoms with E-state index in [4.69, 9.17) is 26.8 Å². The predicted molar refractivity (Wildman–Crippen MR) is 131 cm³/mol. The van der Waals surface area contributed by atoms with E-state index in [-0.39, 0.29) is 12.2 Å². The molecule has 0 bridgehead atoms. The van der Waals surface area contributed by atoms with Crippen molar-refractivity contribution < 1.29 is 54.0 Å². The Morgan fingerprint density at radius 3 is 1.67 bits per heavy atom. The van der Waals surface area contributed by atoms with E-state index in [2.05, 4.69) is 10.6 Å². The van der Waals surface area contributed by atoms with Crippen LogP contribution in [0.25, 0.3) is 0 Å². The lowest BCUT2D eigenvalue weighted by atomic mass is 10.0. The molecular weight excluding hydrogens is 522 g/mol. The molecule has 16 heteroatoms. The van der Waals surface area contributed by atoms with Crippen molar-refractivity contribution in [2.45, 2.75) is 62.7 Å². The molecule has 0 saturated carbocycles. The van der Waals surface area contributed by atoms with Crippen molar-refractivity contribution in [2.24, 2.45) is 11.5 Å². The SMILES string of the molecule is NC(=O)CCC(NC(=O)C(CCC(=O)O)NC(=O)C(N)Cc1ccc(O)cc1)C(=O)NC(CC(=O)O)C(=O)O. The number of phenols is 1. The predicted octanol–water partition coefficient (Wildman–Crippen LogP) is -2.59. The molecule has 4 amide bonds. The van der Waals surface area contributed by atoms with E-state index in [9.17, 15) is 38.7 Å². The minimum atomic E-state index is -1.86. The number of carbonyl (C=O) groups excluding carboxylic acids is 4. The molecule has 1 rings (SSSR count). The summed E-state index contributed by atoms with van der Waals surface area (Å²) in [5, 5.41) is 42.9. The Morgan fingerprint density at radius 1 is 0.718 bits per heavy atom. The highest BCUT2D eigenvalue weighted by molar-refractivity contribution is 5.95. The highest BCUT2D eigenvalue weighted by atomic mass is 16.4. The average molecular weight is 554 g/mol. The van der Waals surface area contributed by atoms with E-state index in [0.717, 1.165) is 0 Å². The van der Waals surface area contributed by atoms with Gasteiger partial charge in [0, 0.05) is 12.8 Å². The average Bonchev–Trinajstić information content (AvgIpc) is 2.84. The van der Waals surface area contributed by atoms with Crippen LogP contribution in [0.1, 0.15) is 37.7 Å². The van der Waals surface area contributed by atoms with Crippen molar-refractivity contribution in [3.63, 3.8) is 0 Å². The van der Waals surface area contributed by atoms with E-state index < -0.39 is 97.8 Å². The highest BCUT2D eigenvalue weighted by Gasteiger charge is 2.31. The van der Waals surface area contributed by atoms with Crippen LogP contribution in [0.3, 0.4) is 0 Å². The number of hydrogen-bond donors (Lipinski definition) is 9. The zero-order chi connectivity index (χ0) is 29.7. The largest absolute Gasteiger partial charge is 0.508 e. The number of aliphatic carboxylic acids is 3. The summed E-state index contributed by atoms with van der Waals surface area (Å²) in [5.41, 5.74) is 11.6. The van der Waals surface area contributed by atoms with Gasteiger partial charge in [0.2, 0.25) is 23.6 Å². The number of carbonyl (C=O) groups is 7. The molecule has 4 unspecified atom stereocenters. The van der Waals surface area contributed by atoms with Gasteiger partial charge in [0.15, 0.2) is 0 Å². The van der Waals surface area contributed by atoms with Gasteiger partial charge in [-0.25, -0.2) is 4.79 Å². The first kappa shape index (κ1) is 32.3. The second-order valence-electron chi connectivity index (χ2n) is 8.53. The number of amides is 4. The van der Waals surface area contributed by atoms with Crippen LogP contribution in [0.4, 0.5) is 0 Å². The zero-order valence-electron chi connectivity index (χ0n) is 20.7. The maximum Gasteiger partial charge on any atom is 0.326 e. The van der Waals surface area contributed by atoms with Gasteiger partial charge in [0.05, 0.1) is 12.5 Å². The molecule has 0 heterocycles. The molecule has 1 aromatic carbocycles. The monoisotopic (exact) mass is 553 g/mol. The molecule has 11 N–H and O–H groups in total. The zero-order valence-corrected chi connectivity index (χ0v) is 20.7. The van der Waals surface area contributed by atoms with Crippen molar-refractivity contribution in [1.29, 1.82) is 0 Å². The summed E-state index contributed by atoms with van der Waals surface area (Å²) in [6.07, 6.45) is -2.80. The number of nitrogens with two attached hydrogens (primary N) is 2. The molecule has 0 aliphatic rings. The van der Waals surface area contributed by atoms with Crippen LogP contribution in [0.15, 0.2) is 24.3 Å². The minimum Gasteiger partial charge on any atom is -0.508 e. The van der Waals surface area contributed by atoms with Gasteiger partial charge in [0.1, 0.15) is 23.9 Å². The molecule has 0 fully saturated rings. The molecule has 0 aliphatic carbocycles. The molecule has 0 saturated heterocycles. The Morgan fingerprint density at radius 2 is 1.21 bits per heavy atom. The lowest BCUT2D eigenvalue weighted by Crippen LogP contribution is -2.57. The van der Waals surface area contributed by atoms with Gasteiger partial charge in [-0.05, 0) is 37.0 Å². The molecule has 4 atom stereocenters. The van der Waals surface area contributed by atoms with Gasteiger partial charge in [0.25, 0.3) is 0 Å². The van der Waals surface area contributed by atoms with Crippen molar-refractivity contribution in [1.82, 2.24) is 16.0 Å². The molecule has 0 radical (unpaired) electrons. The molecule has 0 aromatic heterocycles. The van der Waals surface area contributed by atoms with Crippen LogP contribution in [-0.2, 0) is 40.0 Å². The van der Waals surface area contributed by atoms with Crippen LogP contribution < -0.4 is 27.4 Å². The summed E-state index contributed by atoms with van der Waals surface area (Å²) >= 11 is 0. The van der Waals surface area contributed by atoms with Gasteiger partial charge in [-0.3, -0.25) is 28.8 Å². The van der Waals surface area contributed by atoms with E-state index in [1.807, 2.05) is 5.32 Å². The molecule has 39 heavy (non-hydrogen) atoms. The minimum absolute atomic E-state index is 0.00315. The third kappa shape index (κ3) is 12.4. The maximum absolute atomic E-state index is 13.0. The van der Waals surface area contributed by atoms with Gasteiger partial charge >= 0.3 is 17.9 Å². The number of rotatable bonds is 17. The van der Waals surface area contributed by atoms with E-state index in [1.54, 1.807) is 0 Å². The Labute approximate surface area is 221 Å². The first-order valence-electron chi connectivity index (χ1n) is 11.6. The van der Waals surface area contributed by atoms with Crippen LogP contribution in [-0.4, -0.2) is 86.1 Å². The lowest BCUT2D eigenvalue weighted by molar-refractivity contribution is -0.147. The fourth-order valence-electron chi connectivity index (χ4n) is 3.27.